The lowest BCUT2D eigenvalue weighted by molar-refractivity contribution is 0.0739. The van der Waals surface area contributed by atoms with Crippen molar-refractivity contribution in [1.82, 2.24) is 10.2 Å². The lowest BCUT2D eigenvalue weighted by atomic mass is 10.1. The van der Waals surface area contributed by atoms with Crippen LogP contribution in [-0.4, -0.2) is 36.5 Å². The SMILES string of the molecule is CCCCN(CC1CCCN1)C(=O)c1cccc(I)c1. The van der Waals surface area contributed by atoms with E-state index in [0.29, 0.717) is 6.04 Å². The van der Waals surface area contributed by atoms with Crippen molar-refractivity contribution in [3.63, 3.8) is 0 Å². The van der Waals surface area contributed by atoms with Crippen molar-refractivity contribution in [2.45, 2.75) is 38.6 Å². The number of halogens is 1. The van der Waals surface area contributed by atoms with Gasteiger partial charge in [-0.3, -0.25) is 4.79 Å². The molecule has 3 nitrogen and oxygen atoms in total. The number of benzene rings is 1. The molecule has 0 saturated carbocycles. The first-order chi connectivity index (χ1) is 9.70. The van der Waals surface area contributed by atoms with Gasteiger partial charge in [0.2, 0.25) is 0 Å². The zero-order valence-electron chi connectivity index (χ0n) is 12.1. The van der Waals surface area contributed by atoms with Crippen LogP contribution in [0.25, 0.3) is 0 Å². The monoisotopic (exact) mass is 386 g/mol. The first kappa shape index (κ1) is 15.8. The smallest absolute Gasteiger partial charge is 0.253 e. The summed E-state index contributed by atoms with van der Waals surface area (Å²) < 4.78 is 1.11. The van der Waals surface area contributed by atoms with Crippen LogP contribution in [0.15, 0.2) is 24.3 Å². The molecule has 0 bridgehead atoms. The largest absolute Gasteiger partial charge is 0.337 e. The molecule has 20 heavy (non-hydrogen) atoms. The molecule has 0 spiro atoms. The van der Waals surface area contributed by atoms with Gasteiger partial charge in [0.1, 0.15) is 0 Å². The third kappa shape index (κ3) is 4.45. The molecule has 1 atom stereocenters. The molecule has 0 aromatic heterocycles. The average molecular weight is 386 g/mol. The Morgan fingerprint density at radius 1 is 1.50 bits per heavy atom. The summed E-state index contributed by atoms with van der Waals surface area (Å²) >= 11 is 2.26. The molecule has 1 aliphatic rings. The standard InChI is InChI=1S/C16H23IN2O/c1-2-3-10-19(12-15-8-5-9-18-15)16(20)13-6-4-7-14(17)11-13/h4,6-7,11,15,18H,2-3,5,8-10,12H2,1H3. The van der Waals surface area contributed by atoms with Crippen molar-refractivity contribution in [1.29, 1.82) is 0 Å². The second-order valence-electron chi connectivity index (χ2n) is 5.41. The fourth-order valence-corrected chi connectivity index (χ4v) is 3.15. The van der Waals surface area contributed by atoms with E-state index in [2.05, 4.69) is 34.8 Å². The number of hydrogen-bond acceptors (Lipinski definition) is 2. The van der Waals surface area contributed by atoms with E-state index in [0.717, 1.165) is 41.6 Å². The molecule has 1 fully saturated rings. The lowest BCUT2D eigenvalue weighted by Gasteiger charge is -2.26. The molecule has 110 valence electrons. The Kier molecular flexibility index (Phi) is 6.29. The van der Waals surface area contributed by atoms with Crippen molar-refractivity contribution in [3.05, 3.63) is 33.4 Å². The summed E-state index contributed by atoms with van der Waals surface area (Å²) in [5, 5.41) is 3.49. The molecule has 0 aliphatic carbocycles. The minimum absolute atomic E-state index is 0.172. The Morgan fingerprint density at radius 2 is 2.35 bits per heavy atom. The number of amides is 1. The molecule has 2 rings (SSSR count). The Balaban J connectivity index is 2.05. The highest BCUT2D eigenvalue weighted by molar-refractivity contribution is 14.1. The molecule has 1 amide bonds. The highest BCUT2D eigenvalue weighted by Gasteiger charge is 2.22. The van der Waals surface area contributed by atoms with Crippen LogP contribution in [0.1, 0.15) is 43.0 Å². The fraction of sp³-hybridized carbons (Fsp3) is 0.562. The first-order valence-electron chi connectivity index (χ1n) is 7.49. The van der Waals surface area contributed by atoms with E-state index < -0.39 is 0 Å². The van der Waals surface area contributed by atoms with Crippen molar-refractivity contribution < 1.29 is 4.79 Å². The van der Waals surface area contributed by atoms with Crippen LogP contribution in [-0.2, 0) is 0 Å². The van der Waals surface area contributed by atoms with Gasteiger partial charge < -0.3 is 10.2 Å². The number of unbranched alkanes of at least 4 members (excludes halogenated alkanes) is 1. The van der Waals surface area contributed by atoms with Gasteiger partial charge in [-0.15, -0.1) is 0 Å². The van der Waals surface area contributed by atoms with E-state index in [1.165, 1.54) is 12.8 Å². The predicted octanol–water partition coefficient (Wildman–Crippen LogP) is 3.29. The van der Waals surface area contributed by atoms with Gasteiger partial charge >= 0.3 is 0 Å². The van der Waals surface area contributed by atoms with E-state index in [4.69, 9.17) is 0 Å². The maximum atomic E-state index is 12.7. The molecule has 1 heterocycles. The fourth-order valence-electron chi connectivity index (χ4n) is 2.61. The van der Waals surface area contributed by atoms with Gasteiger partial charge in [-0.25, -0.2) is 0 Å². The summed E-state index contributed by atoms with van der Waals surface area (Å²) in [6, 6.07) is 8.35. The van der Waals surface area contributed by atoms with Crippen LogP contribution >= 0.6 is 22.6 Å². The molecular weight excluding hydrogens is 363 g/mol. The Labute approximate surface area is 135 Å². The number of nitrogens with zero attached hydrogens (tertiary/aromatic N) is 1. The van der Waals surface area contributed by atoms with Crippen molar-refractivity contribution >= 4 is 28.5 Å². The number of carbonyl (C=O) groups excluding carboxylic acids is 1. The van der Waals surface area contributed by atoms with E-state index in [1.807, 2.05) is 29.2 Å². The van der Waals surface area contributed by atoms with Gasteiger partial charge in [-0.05, 0) is 66.6 Å². The molecule has 0 radical (unpaired) electrons. The maximum absolute atomic E-state index is 12.7. The Morgan fingerprint density at radius 3 is 3.00 bits per heavy atom. The molecular formula is C16H23IN2O. The third-order valence-electron chi connectivity index (χ3n) is 3.74. The normalized spacial score (nSPS) is 18.2. The van der Waals surface area contributed by atoms with Gasteiger partial charge in [-0.2, -0.15) is 0 Å². The van der Waals surface area contributed by atoms with Crippen LogP contribution in [0.5, 0.6) is 0 Å². The van der Waals surface area contributed by atoms with Crippen LogP contribution in [0.4, 0.5) is 0 Å². The topological polar surface area (TPSA) is 32.3 Å². The van der Waals surface area contributed by atoms with Gasteiger partial charge in [0, 0.05) is 28.3 Å². The summed E-state index contributed by atoms with van der Waals surface area (Å²) in [7, 11) is 0. The van der Waals surface area contributed by atoms with Crippen LogP contribution in [0.2, 0.25) is 0 Å². The summed E-state index contributed by atoms with van der Waals surface area (Å²) in [6.45, 7) is 4.95. The molecule has 1 unspecified atom stereocenters. The quantitative estimate of drug-likeness (QED) is 0.762. The molecule has 1 aromatic rings. The van der Waals surface area contributed by atoms with Crippen molar-refractivity contribution in [2.24, 2.45) is 0 Å². The van der Waals surface area contributed by atoms with E-state index >= 15 is 0 Å². The van der Waals surface area contributed by atoms with E-state index in [-0.39, 0.29) is 5.91 Å². The number of carbonyl (C=O) groups is 1. The maximum Gasteiger partial charge on any atom is 0.253 e. The summed E-state index contributed by atoms with van der Waals surface area (Å²) in [5.41, 5.74) is 0.811. The second-order valence-corrected chi connectivity index (χ2v) is 6.65. The summed E-state index contributed by atoms with van der Waals surface area (Å²) in [5.74, 6) is 0.172. The predicted molar refractivity (Wildman–Crippen MR) is 91.0 cm³/mol. The highest BCUT2D eigenvalue weighted by Crippen LogP contribution is 2.14. The van der Waals surface area contributed by atoms with Gasteiger partial charge in [0.15, 0.2) is 0 Å². The average Bonchev–Trinajstić information content (AvgIpc) is 2.95. The third-order valence-corrected chi connectivity index (χ3v) is 4.41. The molecule has 4 heteroatoms. The minimum atomic E-state index is 0.172. The zero-order chi connectivity index (χ0) is 14.4. The van der Waals surface area contributed by atoms with Crippen LogP contribution < -0.4 is 5.32 Å². The van der Waals surface area contributed by atoms with Gasteiger partial charge in [0.25, 0.3) is 5.91 Å². The number of nitrogens with one attached hydrogen (secondary N) is 1. The summed E-state index contributed by atoms with van der Waals surface area (Å²) in [4.78, 5) is 14.7. The van der Waals surface area contributed by atoms with Gasteiger partial charge in [-0.1, -0.05) is 19.4 Å². The molecule has 1 aliphatic heterocycles. The lowest BCUT2D eigenvalue weighted by Crippen LogP contribution is -2.41. The first-order valence-corrected chi connectivity index (χ1v) is 8.57. The molecule has 1 aromatic carbocycles. The highest BCUT2D eigenvalue weighted by atomic mass is 127. The van der Waals surface area contributed by atoms with Crippen LogP contribution in [0.3, 0.4) is 0 Å². The number of rotatable bonds is 6. The molecule has 1 N–H and O–H groups in total. The van der Waals surface area contributed by atoms with E-state index in [9.17, 15) is 4.79 Å². The van der Waals surface area contributed by atoms with Crippen molar-refractivity contribution in [2.75, 3.05) is 19.6 Å². The molecule has 1 saturated heterocycles. The summed E-state index contributed by atoms with van der Waals surface area (Å²) in [6.07, 6.45) is 4.60. The van der Waals surface area contributed by atoms with Crippen LogP contribution in [0, 0.1) is 3.57 Å². The zero-order valence-corrected chi connectivity index (χ0v) is 14.2. The Bertz CT molecular complexity index is 444. The number of hydrogen-bond donors (Lipinski definition) is 1. The van der Waals surface area contributed by atoms with Crippen molar-refractivity contribution in [3.8, 4) is 0 Å². The van der Waals surface area contributed by atoms with E-state index in [1.54, 1.807) is 0 Å². The minimum Gasteiger partial charge on any atom is -0.337 e. The Hall–Kier alpha value is -0.620. The second kappa shape index (κ2) is 7.98. The van der Waals surface area contributed by atoms with Gasteiger partial charge in [0.05, 0.1) is 0 Å².